The summed E-state index contributed by atoms with van der Waals surface area (Å²) >= 11 is 0. The van der Waals surface area contributed by atoms with E-state index in [0.29, 0.717) is 65.5 Å². The van der Waals surface area contributed by atoms with Crippen molar-refractivity contribution in [2.24, 2.45) is 0 Å². The van der Waals surface area contributed by atoms with Crippen LogP contribution in [0, 0.1) is 19.7 Å². The van der Waals surface area contributed by atoms with Crippen molar-refractivity contribution in [3.8, 4) is 11.5 Å². The fourth-order valence-electron chi connectivity index (χ4n) is 4.36. The first-order valence-corrected chi connectivity index (χ1v) is 12.1. The van der Waals surface area contributed by atoms with E-state index in [0.717, 1.165) is 12.0 Å². The van der Waals surface area contributed by atoms with Gasteiger partial charge in [0, 0.05) is 36.8 Å². The highest BCUT2D eigenvalue weighted by atomic mass is 19.1. The molecule has 36 heavy (non-hydrogen) atoms. The summed E-state index contributed by atoms with van der Waals surface area (Å²) in [6.45, 7) is 8.28. The van der Waals surface area contributed by atoms with Gasteiger partial charge in [-0.1, -0.05) is 12.6 Å². The number of rotatable bonds is 8. The van der Waals surface area contributed by atoms with Gasteiger partial charge in [-0.3, -0.25) is 4.79 Å². The third-order valence-corrected chi connectivity index (χ3v) is 6.71. The topological polar surface area (TPSA) is 94.6 Å². The summed E-state index contributed by atoms with van der Waals surface area (Å²) in [6, 6.07) is 7.26. The van der Waals surface area contributed by atoms with Crippen LogP contribution in [0.15, 0.2) is 43.2 Å². The van der Waals surface area contributed by atoms with E-state index in [1.54, 1.807) is 13.0 Å². The Morgan fingerprint density at radius 1 is 1.17 bits per heavy atom. The lowest BCUT2D eigenvalue weighted by Gasteiger charge is -2.36. The summed E-state index contributed by atoms with van der Waals surface area (Å²) in [4.78, 5) is 20.4. The average molecular weight is 493 g/mol. The summed E-state index contributed by atoms with van der Waals surface area (Å²) in [5.74, 6) is 1.07. The van der Waals surface area contributed by atoms with Gasteiger partial charge in [0.1, 0.15) is 30.2 Å². The van der Waals surface area contributed by atoms with E-state index in [1.807, 2.05) is 25.1 Å². The van der Waals surface area contributed by atoms with Crippen LogP contribution < -0.4 is 20.1 Å². The number of nitrogens with zero attached hydrogens (tertiary/aromatic N) is 2. The number of aromatic nitrogens is 2. The van der Waals surface area contributed by atoms with Crippen molar-refractivity contribution >= 4 is 28.3 Å². The second-order valence-electron chi connectivity index (χ2n) is 9.26. The van der Waals surface area contributed by atoms with Crippen molar-refractivity contribution in [2.45, 2.75) is 51.4 Å². The molecule has 2 N–H and O–H groups in total. The van der Waals surface area contributed by atoms with E-state index in [4.69, 9.17) is 14.2 Å². The van der Waals surface area contributed by atoms with Crippen LogP contribution >= 0.6 is 0 Å². The van der Waals surface area contributed by atoms with Gasteiger partial charge < -0.3 is 24.8 Å². The van der Waals surface area contributed by atoms with E-state index in [-0.39, 0.29) is 30.0 Å². The number of anilines is 2. The zero-order valence-electron chi connectivity index (χ0n) is 20.3. The zero-order valence-corrected chi connectivity index (χ0v) is 20.3. The monoisotopic (exact) mass is 492 g/mol. The molecule has 1 aliphatic heterocycles. The predicted molar refractivity (Wildman–Crippen MR) is 134 cm³/mol. The Balaban J connectivity index is 1.45. The number of amides is 1. The summed E-state index contributed by atoms with van der Waals surface area (Å²) in [6.07, 6.45) is 4.68. The van der Waals surface area contributed by atoms with E-state index in [2.05, 4.69) is 27.2 Å². The second-order valence-corrected chi connectivity index (χ2v) is 9.26. The Kier molecular flexibility index (Phi) is 6.73. The number of hydrogen-bond donors (Lipinski definition) is 2. The van der Waals surface area contributed by atoms with Crippen LogP contribution in [0.1, 0.15) is 30.4 Å². The summed E-state index contributed by atoms with van der Waals surface area (Å²) in [5, 5.41) is 6.68. The SMILES string of the molecule is C=CC(=O)NC1CC(Oc2cc3c(Nc4ccc(C)c(C)c4F)ncnc3cc2O[C@H]2CCOC2)C1. The molecule has 9 heteroatoms. The highest BCUT2D eigenvalue weighted by Crippen LogP contribution is 2.39. The highest BCUT2D eigenvalue weighted by Gasteiger charge is 2.33. The van der Waals surface area contributed by atoms with Crippen molar-refractivity contribution in [1.82, 2.24) is 15.3 Å². The Bertz CT molecular complexity index is 1300. The lowest BCUT2D eigenvalue weighted by molar-refractivity contribution is -0.118. The molecule has 1 amide bonds. The van der Waals surface area contributed by atoms with E-state index < -0.39 is 0 Å². The number of fused-ring (bicyclic) bond motifs is 1. The molecule has 0 unspecified atom stereocenters. The Labute approximate surface area is 208 Å². The largest absolute Gasteiger partial charge is 0.486 e. The lowest BCUT2D eigenvalue weighted by atomic mass is 9.89. The molecule has 2 heterocycles. The molecule has 2 aliphatic rings. The number of carbonyl (C=O) groups is 1. The number of hydrogen-bond acceptors (Lipinski definition) is 7. The molecule has 8 nitrogen and oxygen atoms in total. The first-order chi connectivity index (χ1) is 17.4. The number of nitrogens with one attached hydrogen (secondary N) is 2. The maximum atomic E-state index is 14.9. The van der Waals surface area contributed by atoms with Crippen LogP contribution in [-0.2, 0) is 9.53 Å². The van der Waals surface area contributed by atoms with Crippen molar-refractivity contribution in [3.63, 3.8) is 0 Å². The molecule has 1 saturated carbocycles. The number of halogens is 1. The Morgan fingerprint density at radius 2 is 1.94 bits per heavy atom. The molecule has 2 aromatic carbocycles. The van der Waals surface area contributed by atoms with Crippen molar-refractivity contribution in [2.75, 3.05) is 18.5 Å². The zero-order chi connectivity index (χ0) is 25.2. The molecule has 1 atom stereocenters. The highest BCUT2D eigenvalue weighted by molar-refractivity contribution is 5.93. The first kappa shape index (κ1) is 24.0. The van der Waals surface area contributed by atoms with E-state index >= 15 is 0 Å². The summed E-state index contributed by atoms with van der Waals surface area (Å²) in [7, 11) is 0. The third-order valence-electron chi connectivity index (χ3n) is 6.71. The number of carbonyl (C=O) groups excluding carboxylic acids is 1. The molecule has 1 aromatic heterocycles. The summed E-state index contributed by atoms with van der Waals surface area (Å²) in [5.41, 5.74) is 2.44. The minimum Gasteiger partial charge on any atom is -0.486 e. The molecule has 0 radical (unpaired) electrons. The normalized spacial score (nSPS) is 21.0. The van der Waals surface area contributed by atoms with Gasteiger partial charge in [-0.2, -0.15) is 0 Å². The van der Waals surface area contributed by atoms with Crippen LogP contribution in [0.25, 0.3) is 10.9 Å². The third kappa shape index (κ3) is 4.97. The smallest absolute Gasteiger partial charge is 0.243 e. The Morgan fingerprint density at radius 3 is 2.69 bits per heavy atom. The van der Waals surface area contributed by atoms with Gasteiger partial charge in [-0.25, -0.2) is 14.4 Å². The van der Waals surface area contributed by atoms with Gasteiger partial charge in [-0.15, -0.1) is 0 Å². The van der Waals surface area contributed by atoms with Gasteiger partial charge in [0.25, 0.3) is 0 Å². The average Bonchev–Trinajstić information content (AvgIpc) is 3.36. The van der Waals surface area contributed by atoms with Crippen LogP contribution in [0.2, 0.25) is 0 Å². The minimum atomic E-state index is -0.318. The molecule has 188 valence electrons. The lowest BCUT2D eigenvalue weighted by Crippen LogP contribution is -2.48. The van der Waals surface area contributed by atoms with E-state index in [1.165, 1.54) is 12.4 Å². The standard InChI is InChI=1S/C27H29FN4O4/c1-4-25(33)31-17-9-19(10-17)36-23-11-20-22(12-24(23)35-18-7-8-34-13-18)29-14-30-27(20)32-21-6-5-15(2)16(3)26(21)28/h4-6,11-12,14,17-19H,1,7-10,13H2,2-3H3,(H,31,33)(H,29,30,32)/t17?,18-,19?/m0/s1. The molecule has 0 bridgehead atoms. The van der Waals surface area contributed by atoms with Crippen LogP contribution in [0.3, 0.4) is 0 Å². The van der Waals surface area contributed by atoms with Crippen LogP contribution in [-0.4, -0.2) is 47.3 Å². The molecule has 3 aromatic rings. The van der Waals surface area contributed by atoms with Gasteiger partial charge in [0.05, 0.1) is 24.4 Å². The fourth-order valence-corrected chi connectivity index (χ4v) is 4.36. The number of aryl methyl sites for hydroxylation is 1. The molecular formula is C27H29FN4O4. The van der Waals surface area contributed by atoms with Crippen molar-refractivity contribution in [3.05, 3.63) is 60.2 Å². The minimum absolute atomic E-state index is 0.0434. The molecule has 1 saturated heterocycles. The maximum Gasteiger partial charge on any atom is 0.243 e. The van der Waals surface area contributed by atoms with E-state index in [9.17, 15) is 9.18 Å². The first-order valence-electron chi connectivity index (χ1n) is 12.1. The van der Waals surface area contributed by atoms with Crippen LogP contribution in [0.5, 0.6) is 11.5 Å². The predicted octanol–water partition coefficient (Wildman–Crippen LogP) is 4.51. The molecule has 1 aliphatic carbocycles. The molecule has 5 rings (SSSR count). The van der Waals surface area contributed by atoms with Crippen molar-refractivity contribution < 1.29 is 23.4 Å². The number of benzene rings is 2. The van der Waals surface area contributed by atoms with Gasteiger partial charge in [0.2, 0.25) is 5.91 Å². The van der Waals surface area contributed by atoms with Gasteiger partial charge in [0.15, 0.2) is 11.5 Å². The molecule has 2 fully saturated rings. The maximum absolute atomic E-state index is 14.9. The molecule has 0 spiro atoms. The number of ether oxygens (including phenoxy) is 3. The fraction of sp³-hybridized carbons (Fsp3) is 0.370. The summed E-state index contributed by atoms with van der Waals surface area (Å²) < 4.78 is 32.9. The molecular weight excluding hydrogens is 463 g/mol. The van der Waals surface area contributed by atoms with Crippen molar-refractivity contribution in [1.29, 1.82) is 0 Å². The quantitative estimate of drug-likeness (QED) is 0.447. The van der Waals surface area contributed by atoms with Gasteiger partial charge >= 0.3 is 0 Å². The van der Waals surface area contributed by atoms with Crippen LogP contribution in [0.4, 0.5) is 15.9 Å². The van der Waals surface area contributed by atoms with Gasteiger partial charge in [-0.05, 0) is 43.2 Å². The Hall–Kier alpha value is -3.72. The second kappa shape index (κ2) is 10.1.